The van der Waals surface area contributed by atoms with Gasteiger partial charge in [-0.2, -0.15) is 0 Å². The number of carbonyl (C=O) groups excluding carboxylic acids is 1. The number of nitrogens with one attached hydrogen (secondary N) is 1. The van der Waals surface area contributed by atoms with Crippen LogP contribution in [0.5, 0.6) is 0 Å². The molecule has 0 aromatic heterocycles. The molecule has 0 unspecified atom stereocenters. The first-order valence-corrected chi connectivity index (χ1v) is 5.38. The van der Waals surface area contributed by atoms with Gasteiger partial charge in [0.1, 0.15) is 0 Å². The predicted octanol–water partition coefficient (Wildman–Crippen LogP) is -0.794. The van der Waals surface area contributed by atoms with Gasteiger partial charge < -0.3 is 15.2 Å². The Morgan fingerprint density at radius 2 is 2.47 bits per heavy atom. The molecule has 0 spiro atoms. The van der Waals surface area contributed by atoms with Crippen molar-refractivity contribution in [3.05, 3.63) is 0 Å². The molecule has 1 heterocycles. The minimum atomic E-state index is 0.00685. The fraction of sp³-hybridized carbons (Fsp3) is 0.900. The maximum absolute atomic E-state index is 11.4. The predicted molar refractivity (Wildman–Crippen MR) is 56.6 cm³/mol. The van der Waals surface area contributed by atoms with Crippen LogP contribution in [0, 0.1) is 0 Å². The molecule has 0 saturated carbocycles. The molecule has 0 bridgehead atoms. The summed E-state index contributed by atoms with van der Waals surface area (Å²) in [5, 5.41) is 11.8. The molecule has 2 N–H and O–H groups in total. The molecule has 1 aliphatic rings. The van der Waals surface area contributed by atoms with Crippen molar-refractivity contribution in [2.75, 3.05) is 40.0 Å². The van der Waals surface area contributed by atoms with Gasteiger partial charge in [0.15, 0.2) is 0 Å². The minimum Gasteiger partial charge on any atom is -0.395 e. The second-order valence-electron chi connectivity index (χ2n) is 3.79. The minimum absolute atomic E-state index is 0.00685. The molecule has 0 radical (unpaired) electrons. The Bertz CT molecular complexity index is 199. The summed E-state index contributed by atoms with van der Waals surface area (Å²) < 4.78 is 4.84. The Hall–Kier alpha value is -0.650. The first-order chi connectivity index (χ1) is 7.27. The summed E-state index contributed by atoms with van der Waals surface area (Å²) in [6, 6.07) is 0.165. The third-order valence-corrected chi connectivity index (χ3v) is 2.68. The summed E-state index contributed by atoms with van der Waals surface area (Å²) in [6.45, 7) is 2.52. The van der Waals surface area contributed by atoms with Crippen LogP contribution in [0.2, 0.25) is 0 Å². The van der Waals surface area contributed by atoms with E-state index in [1.54, 1.807) is 7.11 Å². The molecule has 0 aromatic rings. The highest BCUT2D eigenvalue weighted by molar-refractivity contribution is 5.78. The van der Waals surface area contributed by atoms with Crippen LogP contribution in [0.4, 0.5) is 0 Å². The summed E-state index contributed by atoms with van der Waals surface area (Å²) in [4.78, 5) is 13.5. The number of amides is 1. The van der Waals surface area contributed by atoms with E-state index in [0.717, 1.165) is 19.4 Å². The molecule has 1 rings (SSSR count). The smallest absolute Gasteiger partial charge is 0.234 e. The van der Waals surface area contributed by atoms with Gasteiger partial charge in [0.05, 0.1) is 19.8 Å². The van der Waals surface area contributed by atoms with E-state index in [2.05, 4.69) is 5.32 Å². The highest BCUT2D eigenvalue weighted by atomic mass is 16.5. The lowest BCUT2D eigenvalue weighted by Crippen LogP contribution is -2.41. The molecule has 0 aromatic carbocycles. The van der Waals surface area contributed by atoms with Crippen molar-refractivity contribution in [1.82, 2.24) is 10.2 Å². The quantitative estimate of drug-likeness (QED) is 0.571. The number of aliphatic hydroxyl groups is 1. The molecule has 1 saturated heterocycles. The number of likely N-dealkylation sites (tertiary alicyclic amines) is 1. The molecule has 5 heteroatoms. The molecule has 1 fully saturated rings. The van der Waals surface area contributed by atoms with Crippen LogP contribution in [0.25, 0.3) is 0 Å². The molecule has 1 atom stereocenters. The van der Waals surface area contributed by atoms with Crippen LogP contribution in [-0.2, 0) is 9.53 Å². The van der Waals surface area contributed by atoms with Gasteiger partial charge in [-0.25, -0.2) is 0 Å². The van der Waals surface area contributed by atoms with E-state index in [9.17, 15) is 4.79 Å². The Kier molecular flexibility index (Phi) is 5.60. The number of ether oxygens (including phenoxy) is 1. The largest absolute Gasteiger partial charge is 0.395 e. The van der Waals surface area contributed by atoms with Crippen LogP contribution in [0.15, 0.2) is 0 Å². The summed E-state index contributed by atoms with van der Waals surface area (Å²) in [5.41, 5.74) is 0. The molecular weight excluding hydrogens is 196 g/mol. The van der Waals surface area contributed by atoms with Gasteiger partial charge >= 0.3 is 0 Å². The Labute approximate surface area is 90.4 Å². The maximum atomic E-state index is 11.4. The summed E-state index contributed by atoms with van der Waals surface area (Å²) >= 11 is 0. The third-order valence-electron chi connectivity index (χ3n) is 2.68. The zero-order valence-corrected chi connectivity index (χ0v) is 9.24. The standard InChI is InChI=1S/C10H20N2O3/c1-15-6-4-11-10(14)7-12-5-2-3-9(12)8-13/h9,13H,2-8H2,1H3,(H,11,14)/t9-/m1/s1. The lowest BCUT2D eigenvalue weighted by Gasteiger charge is -2.21. The highest BCUT2D eigenvalue weighted by Gasteiger charge is 2.24. The highest BCUT2D eigenvalue weighted by Crippen LogP contribution is 2.15. The van der Waals surface area contributed by atoms with E-state index in [0.29, 0.717) is 19.7 Å². The number of aliphatic hydroxyl groups excluding tert-OH is 1. The second kappa shape index (κ2) is 6.76. The van der Waals surface area contributed by atoms with Gasteiger partial charge in [-0.05, 0) is 19.4 Å². The van der Waals surface area contributed by atoms with Crippen molar-refractivity contribution in [1.29, 1.82) is 0 Å². The van der Waals surface area contributed by atoms with Gasteiger partial charge in [-0.15, -0.1) is 0 Å². The van der Waals surface area contributed by atoms with Crippen molar-refractivity contribution in [2.24, 2.45) is 0 Å². The number of carbonyl (C=O) groups is 1. The number of rotatable bonds is 6. The van der Waals surface area contributed by atoms with Crippen LogP contribution in [-0.4, -0.2) is 61.9 Å². The molecule has 0 aliphatic carbocycles. The van der Waals surface area contributed by atoms with Crippen LogP contribution in [0.3, 0.4) is 0 Å². The number of nitrogens with zero attached hydrogens (tertiary/aromatic N) is 1. The second-order valence-corrected chi connectivity index (χ2v) is 3.79. The summed E-state index contributed by atoms with van der Waals surface area (Å²) in [7, 11) is 1.61. The van der Waals surface area contributed by atoms with E-state index in [1.807, 2.05) is 4.90 Å². The molecule has 88 valence electrons. The van der Waals surface area contributed by atoms with E-state index in [-0.39, 0.29) is 18.6 Å². The van der Waals surface area contributed by atoms with Gasteiger partial charge in [-0.1, -0.05) is 0 Å². The van der Waals surface area contributed by atoms with Gasteiger partial charge in [0.25, 0.3) is 0 Å². The number of hydrogen-bond donors (Lipinski definition) is 2. The molecule has 1 aliphatic heterocycles. The van der Waals surface area contributed by atoms with Crippen LogP contribution >= 0.6 is 0 Å². The molecule has 5 nitrogen and oxygen atoms in total. The monoisotopic (exact) mass is 216 g/mol. The zero-order valence-electron chi connectivity index (χ0n) is 9.24. The average Bonchev–Trinajstić information content (AvgIpc) is 2.65. The van der Waals surface area contributed by atoms with E-state index in [1.165, 1.54) is 0 Å². The summed E-state index contributed by atoms with van der Waals surface area (Å²) in [6.07, 6.45) is 2.05. The first kappa shape index (κ1) is 12.4. The summed E-state index contributed by atoms with van der Waals surface area (Å²) in [5.74, 6) is 0.00685. The fourth-order valence-electron chi connectivity index (χ4n) is 1.84. The number of hydrogen-bond acceptors (Lipinski definition) is 4. The zero-order chi connectivity index (χ0) is 11.1. The molecule has 1 amide bonds. The van der Waals surface area contributed by atoms with Crippen LogP contribution < -0.4 is 5.32 Å². The Morgan fingerprint density at radius 1 is 1.67 bits per heavy atom. The van der Waals surface area contributed by atoms with Gasteiger partial charge in [-0.3, -0.25) is 9.69 Å². The number of methoxy groups -OCH3 is 1. The SMILES string of the molecule is COCCNC(=O)CN1CCC[C@@H]1CO. The van der Waals surface area contributed by atoms with Crippen molar-refractivity contribution in [2.45, 2.75) is 18.9 Å². The van der Waals surface area contributed by atoms with Crippen molar-refractivity contribution >= 4 is 5.91 Å². The molecule has 15 heavy (non-hydrogen) atoms. The average molecular weight is 216 g/mol. The lowest BCUT2D eigenvalue weighted by molar-refractivity contribution is -0.122. The van der Waals surface area contributed by atoms with Crippen LogP contribution in [0.1, 0.15) is 12.8 Å². The van der Waals surface area contributed by atoms with E-state index in [4.69, 9.17) is 9.84 Å². The van der Waals surface area contributed by atoms with Crippen molar-refractivity contribution in [3.8, 4) is 0 Å². The maximum Gasteiger partial charge on any atom is 0.234 e. The normalized spacial score (nSPS) is 21.9. The van der Waals surface area contributed by atoms with Crippen molar-refractivity contribution < 1.29 is 14.6 Å². The van der Waals surface area contributed by atoms with Gasteiger partial charge in [0, 0.05) is 19.7 Å². The molecular formula is C10H20N2O3. The Morgan fingerprint density at radius 3 is 3.13 bits per heavy atom. The van der Waals surface area contributed by atoms with Gasteiger partial charge in [0.2, 0.25) is 5.91 Å². The topological polar surface area (TPSA) is 61.8 Å². The van der Waals surface area contributed by atoms with E-state index >= 15 is 0 Å². The van der Waals surface area contributed by atoms with E-state index < -0.39 is 0 Å². The first-order valence-electron chi connectivity index (χ1n) is 5.38. The lowest BCUT2D eigenvalue weighted by atomic mass is 10.2. The Balaban J connectivity index is 2.19. The third kappa shape index (κ3) is 4.15. The fourth-order valence-corrected chi connectivity index (χ4v) is 1.84. The van der Waals surface area contributed by atoms with Crippen molar-refractivity contribution in [3.63, 3.8) is 0 Å².